The lowest BCUT2D eigenvalue weighted by Crippen LogP contribution is -2.50. The van der Waals surface area contributed by atoms with Crippen molar-refractivity contribution in [3.05, 3.63) is 48.3 Å². The third-order valence-corrected chi connectivity index (χ3v) is 5.23. The lowest BCUT2D eigenvalue weighted by molar-refractivity contribution is 0.208. The van der Waals surface area contributed by atoms with E-state index in [-0.39, 0.29) is 16.7 Å². The van der Waals surface area contributed by atoms with Crippen LogP contribution in [0.15, 0.2) is 47.4 Å². The molecule has 6 nitrogen and oxygen atoms in total. The topological polar surface area (TPSA) is 72.9 Å². The fourth-order valence-corrected chi connectivity index (χ4v) is 3.49. The lowest BCUT2D eigenvalue weighted by atomic mass is 10.2. The average molecular weight is 377 g/mol. The SMILES string of the molecule is C[S@@](=O)c1ccc(NC(=O)N2CCN(c3ccccc3O)CC2)cc1F. The molecule has 8 heteroatoms. The standard InChI is InChI=1S/C18H20FN3O3S/c1-26(25)17-7-6-13(12-14(17)19)20-18(24)22-10-8-21(9-11-22)15-4-2-3-5-16(15)23/h2-7,12,23H,8-11H2,1H3,(H,20,24)/t26-/m1/s1. The minimum Gasteiger partial charge on any atom is -0.506 e. The fourth-order valence-electron chi connectivity index (χ4n) is 2.90. The van der Waals surface area contributed by atoms with Crippen molar-refractivity contribution in [2.75, 3.05) is 42.7 Å². The molecule has 0 bridgehead atoms. The normalized spacial score (nSPS) is 15.6. The number of urea groups is 1. The molecule has 1 aliphatic rings. The van der Waals surface area contributed by atoms with Crippen LogP contribution in [0.3, 0.4) is 0 Å². The molecule has 0 radical (unpaired) electrons. The molecule has 26 heavy (non-hydrogen) atoms. The van der Waals surface area contributed by atoms with Crippen molar-refractivity contribution >= 4 is 28.2 Å². The molecule has 2 aromatic carbocycles. The van der Waals surface area contributed by atoms with E-state index in [1.165, 1.54) is 24.5 Å². The highest BCUT2D eigenvalue weighted by molar-refractivity contribution is 7.84. The van der Waals surface area contributed by atoms with Crippen LogP contribution in [0, 0.1) is 5.82 Å². The van der Waals surface area contributed by atoms with Crippen LogP contribution >= 0.6 is 0 Å². The molecule has 0 unspecified atom stereocenters. The van der Waals surface area contributed by atoms with Crippen molar-refractivity contribution < 1.29 is 18.5 Å². The summed E-state index contributed by atoms with van der Waals surface area (Å²) in [6.45, 7) is 2.15. The zero-order valence-electron chi connectivity index (χ0n) is 14.3. The summed E-state index contributed by atoms with van der Waals surface area (Å²) in [5.41, 5.74) is 1.07. The van der Waals surface area contributed by atoms with Crippen LogP contribution < -0.4 is 10.2 Å². The van der Waals surface area contributed by atoms with Crippen LogP contribution in [0.1, 0.15) is 0 Å². The Labute approximate surface area is 153 Å². The van der Waals surface area contributed by atoms with Crippen molar-refractivity contribution in [1.29, 1.82) is 0 Å². The Kier molecular flexibility index (Phi) is 5.41. The van der Waals surface area contributed by atoms with Gasteiger partial charge in [0, 0.05) is 38.1 Å². The maximum Gasteiger partial charge on any atom is 0.321 e. The summed E-state index contributed by atoms with van der Waals surface area (Å²) in [6, 6.07) is 10.9. The number of halogens is 1. The van der Waals surface area contributed by atoms with Gasteiger partial charge in [-0.3, -0.25) is 4.21 Å². The van der Waals surface area contributed by atoms with E-state index in [0.717, 1.165) is 5.69 Å². The van der Waals surface area contributed by atoms with Crippen LogP contribution in [0.4, 0.5) is 20.6 Å². The number of hydrogen-bond donors (Lipinski definition) is 2. The van der Waals surface area contributed by atoms with Crippen molar-refractivity contribution in [3.8, 4) is 5.75 Å². The van der Waals surface area contributed by atoms with Gasteiger partial charge >= 0.3 is 6.03 Å². The average Bonchev–Trinajstić information content (AvgIpc) is 2.62. The molecule has 2 N–H and O–H groups in total. The van der Waals surface area contributed by atoms with Gasteiger partial charge in [-0.1, -0.05) is 12.1 Å². The van der Waals surface area contributed by atoms with Crippen LogP contribution in [0.5, 0.6) is 5.75 Å². The zero-order valence-corrected chi connectivity index (χ0v) is 15.1. The molecular weight excluding hydrogens is 357 g/mol. The Hall–Kier alpha value is -2.61. The first-order valence-electron chi connectivity index (χ1n) is 8.17. The van der Waals surface area contributed by atoms with Crippen LogP contribution in [0.2, 0.25) is 0 Å². The largest absolute Gasteiger partial charge is 0.506 e. The number of anilines is 2. The van der Waals surface area contributed by atoms with E-state index >= 15 is 0 Å². The van der Waals surface area contributed by atoms with Gasteiger partial charge in [0.15, 0.2) is 0 Å². The smallest absolute Gasteiger partial charge is 0.321 e. The summed E-state index contributed by atoms with van der Waals surface area (Å²) in [4.78, 5) is 16.1. The van der Waals surface area contributed by atoms with Crippen LogP contribution in [0.25, 0.3) is 0 Å². The molecule has 0 spiro atoms. The van der Waals surface area contributed by atoms with Crippen LogP contribution in [-0.4, -0.2) is 52.7 Å². The molecule has 0 aliphatic carbocycles. The Bertz CT molecular complexity index is 838. The maximum atomic E-state index is 13.9. The van der Waals surface area contributed by atoms with Gasteiger partial charge in [-0.15, -0.1) is 0 Å². The van der Waals surface area contributed by atoms with Crippen LogP contribution in [-0.2, 0) is 10.8 Å². The highest BCUT2D eigenvalue weighted by atomic mass is 32.2. The number of aromatic hydroxyl groups is 1. The first-order chi connectivity index (χ1) is 12.5. The molecule has 2 amide bonds. The molecule has 1 fully saturated rings. The number of carbonyl (C=O) groups is 1. The predicted molar refractivity (Wildman–Crippen MR) is 99.6 cm³/mol. The monoisotopic (exact) mass is 377 g/mol. The number of benzene rings is 2. The summed E-state index contributed by atoms with van der Waals surface area (Å²) >= 11 is 0. The first-order valence-corrected chi connectivity index (χ1v) is 9.73. The van der Waals surface area contributed by atoms with Crippen molar-refractivity contribution in [3.63, 3.8) is 0 Å². The number of phenols is 1. The van der Waals surface area contributed by atoms with Gasteiger partial charge in [0.2, 0.25) is 0 Å². The molecule has 1 saturated heterocycles. The molecule has 2 aromatic rings. The molecule has 1 heterocycles. The van der Waals surface area contributed by atoms with Crippen molar-refractivity contribution in [2.45, 2.75) is 4.90 Å². The van der Waals surface area contributed by atoms with Crippen molar-refractivity contribution in [2.24, 2.45) is 0 Å². The quantitative estimate of drug-likeness (QED) is 0.863. The summed E-state index contributed by atoms with van der Waals surface area (Å²) in [6.07, 6.45) is 1.40. The summed E-state index contributed by atoms with van der Waals surface area (Å²) in [7, 11) is -1.41. The number of piperazine rings is 1. The third-order valence-electron chi connectivity index (χ3n) is 4.28. The molecule has 1 atom stereocenters. The summed E-state index contributed by atoms with van der Waals surface area (Å²) in [5.74, 6) is -0.387. The number of para-hydroxylation sites is 2. The Morgan fingerprint density at radius 2 is 1.85 bits per heavy atom. The Morgan fingerprint density at radius 3 is 2.46 bits per heavy atom. The van der Waals surface area contributed by atoms with Gasteiger partial charge in [-0.25, -0.2) is 9.18 Å². The second kappa shape index (κ2) is 7.74. The van der Waals surface area contributed by atoms with Gasteiger partial charge in [-0.2, -0.15) is 0 Å². The summed E-state index contributed by atoms with van der Waals surface area (Å²) in [5, 5.41) is 12.6. The van der Waals surface area contributed by atoms with Gasteiger partial charge in [-0.05, 0) is 30.3 Å². The van der Waals surface area contributed by atoms with Gasteiger partial charge in [0.25, 0.3) is 0 Å². The second-order valence-electron chi connectivity index (χ2n) is 5.99. The highest BCUT2D eigenvalue weighted by Crippen LogP contribution is 2.27. The fraction of sp³-hybridized carbons (Fsp3) is 0.278. The van der Waals surface area contributed by atoms with Crippen molar-refractivity contribution in [1.82, 2.24) is 4.90 Å². The third kappa shape index (κ3) is 3.96. The van der Waals surface area contributed by atoms with Gasteiger partial charge < -0.3 is 20.2 Å². The molecular formula is C18H20FN3O3S. The molecule has 0 saturated carbocycles. The van der Waals surface area contributed by atoms with Gasteiger partial charge in [0.1, 0.15) is 11.6 Å². The minimum atomic E-state index is -1.41. The molecule has 1 aliphatic heterocycles. The first kappa shape index (κ1) is 18.2. The minimum absolute atomic E-state index is 0.110. The number of nitrogens with one attached hydrogen (secondary N) is 1. The number of rotatable bonds is 3. The number of nitrogens with zero attached hydrogens (tertiary/aromatic N) is 2. The van der Waals surface area contributed by atoms with E-state index in [1.807, 2.05) is 17.0 Å². The number of hydrogen-bond acceptors (Lipinski definition) is 4. The molecule has 0 aromatic heterocycles. The zero-order chi connectivity index (χ0) is 18.7. The van der Waals surface area contributed by atoms with E-state index in [4.69, 9.17) is 0 Å². The van der Waals surface area contributed by atoms with E-state index in [1.54, 1.807) is 17.0 Å². The predicted octanol–water partition coefficient (Wildman–Crippen LogP) is 2.62. The number of carbonyl (C=O) groups excluding carboxylic acids is 1. The van der Waals surface area contributed by atoms with E-state index < -0.39 is 16.6 Å². The number of phenolic OH excluding ortho intramolecular Hbond substituents is 1. The second-order valence-corrected chi connectivity index (χ2v) is 7.34. The Morgan fingerprint density at radius 1 is 1.15 bits per heavy atom. The summed E-state index contributed by atoms with van der Waals surface area (Å²) < 4.78 is 25.3. The Balaban J connectivity index is 1.60. The van der Waals surface area contributed by atoms with E-state index in [9.17, 15) is 18.5 Å². The van der Waals surface area contributed by atoms with E-state index in [2.05, 4.69) is 5.32 Å². The highest BCUT2D eigenvalue weighted by Gasteiger charge is 2.22. The molecule has 3 rings (SSSR count). The number of amides is 2. The molecule has 138 valence electrons. The van der Waals surface area contributed by atoms with Gasteiger partial charge in [0.05, 0.1) is 21.4 Å². The van der Waals surface area contributed by atoms with E-state index in [0.29, 0.717) is 31.9 Å². The lowest BCUT2D eigenvalue weighted by Gasteiger charge is -2.36. The maximum absolute atomic E-state index is 13.9.